The Kier molecular flexibility index (Phi) is 4.11. The lowest BCUT2D eigenvalue weighted by Gasteiger charge is -2.09. The Morgan fingerprint density at radius 1 is 1.42 bits per heavy atom. The molecule has 1 N–H and O–H groups in total. The quantitative estimate of drug-likeness (QED) is 0.693. The number of aromatic nitrogens is 3. The van der Waals surface area contributed by atoms with Crippen LogP contribution in [0.1, 0.15) is 17.3 Å². The van der Waals surface area contributed by atoms with E-state index in [9.17, 15) is 9.59 Å². The van der Waals surface area contributed by atoms with E-state index in [-0.39, 0.29) is 16.7 Å². The highest BCUT2D eigenvalue weighted by atomic mass is 35.5. The van der Waals surface area contributed by atoms with Crippen molar-refractivity contribution in [3.05, 3.63) is 45.3 Å². The molecule has 0 aliphatic rings. The molecule has 2 aromatic rings. The van der Waals surface area contributed by atoms with Crippen LogP contribution in [0, 0.1) is 0 Å². The number of carbonyl (C=O) groups excluding carboxylic acids is 1. The predicted molar refractivity (Wildman–Crippen MR) is 74.9 cm³/mol. The van der Waals surface area contributed by atoms with Crippen LogP contribution in [0.25, 0.3) is 0 Å². The highest BCUT2D eigenvalue weighted by Crippen LogP contribution is 2.23. The summed E-state index contributed by atoms with van der Waals surface area (Å²) in [5.74, 6) is -0.0304. The number of Topliss-reactive ketones (excluding diaryl/α,β-unsaturated/α-hetero) is 1. The maximum atomic E-state index is 12.2. The Bertz CT molecular complexity index is 648. The van der Waals surface area contributed by atoms with Crippen LogP contribution in [0.3, 0.4) is 0 Å². The molecule has 1 aromatic heterocycles. The van der Waals surface area contributed by atoms with Gasteiger partial charge in [0.25, 0.3) is 0 Å². The number of H-pyrrole nitrogens is 1. The molecule has 100 valence electrons. The van der Waals surface area contributed by atoms with E-state index in [1.807, 2.05) is 0 Å². The average Bonchev–Trinajstić information content (AvgIpc) is 2.71. The Hall–Kier alpha value is -1.53. The number of nitrogens with one attached hydrogen (secondary N) is 1. The molecule has 0 amide bonds. The van der Waals surface area contributed by atoms with Crippen LogP contribution in [0.4, 0.5) is 0 Å². The van der Waals surface area contributed by atoms with Crippen LogP contribution in [0.15, 0.2) is 34.2 Å². The summed E-state index contributed by atoms with van der Waals surface area (Å²) >= 11 is 7.02. The van der Waals surface area contributed by atoms with Crippen molar-refractivity contribution in [3.8, 4) is 0 Å². The monoisotopic (exact) mass is 297 g/mol. The molecule has 0 radical (unpaired) electrons. The van der Waals surface area contributed by atoms with Crippen LogP contribution in [-0.2, 0) is 7.05 Å². The predicted octanol–water partition coefficient (Wildman–Crippen LogP) is 2.13. The van der Waals surface area contributed by atoms with Gasteiger partial charge in [-0.1, -0.05) is 23.4 Å². The van der Waals surface area contributed by atoms with Gasteiger partial charge in [0.1, 0.15) is 0 Å². The van der Waals surface area contributed by atoms with Crippen molar-refractivity contribution < 1.29 is 4.79 Å². The number of carbonyl (C=O) groups is 1. The van der Waals surface area contributed by atoms with Gasteiger partial charge >= 0.3 is 5.69 Å². The normalized spacial score (nSPS) is 12.4. The molecule has 0 aliphatic carbocycles. The van der Waals surface area contributed by atoms with E-state index in [0.717, 1.165) is 0 Å². The van der Waals surface area contributed by atoms with E-state index < -0.39 is 0 Å². The number of benzene rings is 1. The number of halogens is 1. The van der Waals surface area contributed by atoms with Crippen molar-refractivity contribution in [2.24, 2.45) is 7.05 Å². The van der Waals surface area contributed by atoms with Crippen LogP contribution >= 0.6 is 23.4 Å². The first-order valence-corrected chi connectivity index (χ1v) is 6.82. The summed E-state index contributed by atoms with van der Waals surface area (Å²) in [7, 11) is 1.60. The van der Waals surface area contributed by atoms with E-state index in [1.54, 1.807) is 38.2 Å². The Morgan fingerprint density at radius 2 is 2.05 bits per heavy atom. The van der Waals surface area contributed by atoms with Gasteiger partial charge in [-0.15, -0.1) is 5.10 Å². The summed E-state index contributed by atoms with van der Waals surface area (Å²) in [6.45, 7) is 1.78. The second kappa shape index (κ2) is 5.63. The molecule has 0 bridgehead atoms. The molecule has 5 nitrogen and oxygen atoms in total. The number of rotatable bonds is 4. The van der Waals surface area contributed by atoms with E-state index in [4.69, 9.17) is 11.6 Å². The summed E-state index contributed by atoms with van der Waals surface area (Å²) in [5, 5.41) is 6.93. The van der Waals surface area contributed by atoms with E-state index in [1.165, 1.54) is 16.3 Å². The number of hydrogen-bond donors (Lipinski definition) is 1. The second-order valence-electron chi connectivity index (χ2n) is 4.00. The van der Waals surface area contributed by atoms with Gasteiger partial charge in [0.05, 0.1) is 5.25 Å². The zero-order chi connectivity index (χ0) is 14.0. The van der Waals surface area contributed by atoms with Crippen LogP contribution < -0.4 is 5.69 Å². The zero-order valence-electron chi connectivity index (χ0n) is 10.4. The van der Waals surface area contributed by atoms with Crippen molar-refractivity contribution in [1.29, 1.82) is 0 Å². The highest BCUT2D eigenvalue weighted by Gasteiger charge is 2.19. The molecule has 2 rings (SSSR count). The van der Waals surface area contributed by atoms with Crippen molar-refractivity contribution in [1.82, 2.24) is 14.8 Å². The Balaban J connectivity index is 2.14. The lowest BCUT2D eigenvalue weighted by molar-refractivity contribution is 0.0994. The Morgan fingerprint density at radius 3 is 2.58 bits per heavy atom. The van der Waals surface area contributed by atoms with Crippen LogP contribution in [-0.4, -0.2) is 25.8 Å². The molecule has 1 atom stereocenters. The minimum Gasteiger partial charge on any atom is -0.293 e. The van der Waals surface area contributed by atoms with Crippen molar-refractivity contribution in [2.45, 2.75) is 17.3 Å². The summed E-state index contributed by atoms with van der Waals surface area (Å²) < 4.78 is 1.37. The molecular weight excluding hydrogens is 286 g/mol. The third-order valence-electron chi connectivity index (χ3n) is 2.62. The van der Waals surface area contributed by atoms with Gasteiger partial charge in [-0.2, -0.15) is 0 Å². The summed E-state index contributed by atoms with van der Waals surface area (Å²) in [6.07, 6.45) is 0. The smallest absolute Gasteiger partial charge is 0.293 e. The van der Waals surface area contributed by atoms with E-state index in [2.05, 4.69) is 10.2 Å². The van der Waals surface area contributed by atoms with Gasteiger partial charge in [-0.05, 0) is 31.2 Å². The van der Waals surface area contributed by atoms with Gasteiger partial charge < -0.3 is 0 Å². The minimum absolute atomic E-state index is 0.0304. The first-order chi connectivity index (χ1) is 8.99. The molecule has 0 saturated carbocycles. The fraction of sp³-hybridized carbons (Fsp3) is 0.250. The van der Waals surface area contributed by atoms with Gasteiger partial charge in [0.2, 0.25) is 0 Å². The van der Waals surface area contributed by atoms with E-state index >= 15 is 0 Å². The highest BCUT2D eigenvalue weighted by molar-refractivity contribution is 8.00. The number of thioether (sulfide) groups is 1. The van der Waals surface area contributed by atoms with Crippen LogP contribution in [0.2, 0.25) is 5.02 Å². The van der Waals surface area contributed by atoms with Crippen molar-refractivity contribution >= 4 is 29.1 Å². The molecular formula is C12H12ClN3O2S. The van der Waals surface area contributed by atoms with Gasteiger partial charge in [0, 0.05) is 17.6 Å². The first kappa shape index (κ1) is 13.9. The van der Waals surface area contributed by atoms with Crippen molar-refractivity contribution in [3.63, 3.8) is 0 Å². The molecule has 0 saturated heterocycles. The molecule has 1 aromatic carbocycles. The number of hydrogen-bond acceptors (Lipinski definition) is 4. The molecule has 1 heterocycles. The third kappa shape index (κ3) is 3.08. The standard InChI is InChI=1S/C12H12ClN3O2S/c1-7(19-12-15-14-11(18)16(12)2)10(17)8-3-5-9(13)6-4-8/h3-7H,1-2H3,(H,14,18). The fourth-order valence-corrected chi connectivity index (χ4v) is 2.52. The lowest BCUT2D eigenvalue weighted by Crippen LogP contribution is -2.16. The second-order valence-corrected chi connectivity index (χ2v) is 5.75. The van der Waals surface area contributed by atoms with Gasteiger partial charge in [0.15, 0.2) is 10.9 Å². The SMILES string of the molecule is CC(Sc1n[nH]c(=O)n1C)C(=O)c1ccc(Cl)cc1. The first-order valence-electron chi connectivity index (χ1n) is 5.57. The number of nitrogens with zero attached hydrogens (tertiary/aromatic N) is 2. The summed E-state index contributed by atoms with van der Waals surface area (Å²) in [5.41, 5.74) is 0.290. The Labute approximate surface area is 119 Å². The lowest BCUT2D eigenvalue weighted by atomic mass is 10.1. The summed E-state index contributed by atoms with van der Waals surface area (Å²) in [4.78, 5) is 23.4. The molecule has 0 spiro atoms. The molecule has 0 fully saturated rings. The van der Waals surface area contributed by atoms with Gasteiger partial charge in [-0.3, -0.25) is 9.36 Å². The van der Waals surface area contributed by atoms with Gasteiger partial charge in [-0.25, -0.2) is 9.89 Å². The molecule has 19 heavy (non-hydrogen) atoms. The largest absolute Gasteiger partial charge is 0.343 e. The average molecular weight is 298 g/mol. The number of aromatic amines is 1. The topological polar surface area (TPSA) is 67.8 Å². The van der Waals surface area contributed by atoms with E-state index in [0.29, 0.717) is 15.7 Å². The third-order valence-corrected chi connectivity index (χ3v) is 4.01. The zero-order valence-corrected chi connectivity index (χ0v) is 12.0. The molecule has 7 heteroatoms. The summed E-state index contributed by atoms with van der Waals surface area (Å²) in [6, 6.07) is 6.73. The van der Waals surface area contributed by atoms with Crippen LogP contribution in [0.5, 0.6) is 0 Å². The number of ketones is 1. The van der Waals surface area contributed by atoms with Crippen molar-refractivity contribution in [2.75, 3.05) is 0 Å². The molecule has 0 aliphatic heterocycles. The molecule has 1 unspecified atom stereocenters. The minimum atomic E-state index is -0.338. The maximum Gasteiger partial charge on any atom is 0.343 e. The fourth-order valence-electron chi connectivity index (χ4n) is 1.50. The maximum absolute atomic E-state index is 12.2.